The molecule has 0 aliphatic heterocycles. The lowest BCUT2D eigenvalue weighted by Crippen LogP contribution is -2.34. The van der Waals surface area contributed by atoms with Gasteiger partial charge in [-0.15, -0.1) is 10.2 Å². The Labute approximate surface area is 225 Å². The maximum Gasteiger partial charge on any atom is 0.258 e. The topological polar surface area (TPSA) is 71.8 Å². The summed E-state index contributed by atoms with van der Waals surface area (Å²) in [7, 11) is 0. The fourth-order valence-corrected chi connectivity index (χ4v) is 4.73. The Kier molecular flexibility index (Phi) is 7.17. The van der Waals surface area contributed by atoms with E-state index >= 15 is 0 Å². The van der Waals surface area contributed by atoms with E-state index in [4.69, 9.17) is 23.8 Å². The minimum atomic E-state index is -0.308. The van der Waals surface area contributed by atoms with E-state index in [2.05, 4.69) is 39.9 Å². The van der Waals surface area contributed by atoms with E-state index in [1.165, 1.54) is 18.4 Å². The molecule has 1 heterocycles. The normalized spacial score (nSPS) is 11.1. The zero-order chi connectivity index (χ0) is 25.9. The second-order valence-corrected chi connectivity index (χ2v) is 9.78. The van der Waals surface area contributed by atoms with Crippen LogP contribution in [0.15, 0.2) is 72.8 Å². The molecule has 0 atom stereocenters. The molecule has 0 bridgehead atoms. The third kappa shape index (κ3) is 5.33. The molecule has 186 valence electrons. The van der Waals surface area contributed by atoms with Gasteiger partial charge in [0.25, 0.3) is 5.91 Å². The highest BCUT2D eigenvalue weighted by atomic mass is 35.5. The first kappa shape index (κ1) is 24.9. The third-order valence-electron chi connectivity index (χ3n) is 6.30. The molecule has 5 rings (SSSR count). The van der Waals surface area contributed by atoms with E-state index in [1.807, 2.05) is 49.4 Å². The van der Waals surface area contributed by atoms with Gasteiger partial charge in [-0.1, -0.05) is 61.3 Å². The molecule has 0 saturated carbocycles. The van der Waals surface area contributed by atoms with Crippen molar-refractivity contribution in [1.82, 2.24) is 20.3 Å². The van der Waals surface area contributed by atoms with Gasteiger partial charge in [-0.2, -0.15) is 4.80 Å². The second kappa shape index (κ2) is 10.7. The van der Waals surface area contributed by atoms with Crippen LogP contribution in [0.4, 0.5) is 5.69 Å². The molecule has 0 fully saturated rings. The summed E-state index contributed by atoms with van der Waals surface area (Å²) in [5.41, 5.74) is 5.90. The molecular formula is C29H26ClN5OS. The van der Waals surface area contributed by atoms with Crippen molar-refractivity contribution in [2.45, 2.75) is 33.1 Å². The SMILES string of the molecule is CCCCc1ccc(-n2nc3cc(C)c(NC(=S)NC(=O)c4cccc5c(Cl)cccc45)cc3n2)cc1. The van der Waals surface area contributed by atoms with Gasteiger partial charge in [-0.25, -0.2) is 0 Å². The first-order chi connectivity index (χ1) is 17.9. The van der Waals surface area contributed by atoms with Crippen LogP contribution in [0.2, 0.25) is 5.02 Å². The van der Waals surface area contributed by atoms with Gasteiger partial charge >= 0.3 is 0 Å². The van der Waals surface area contributed by atoms with Crippen molar-refractivity contribution in [2.24, 2.45) is 0 Å². The Morgan fingerprint density at radius 2 is 1.68 bits per heavy atom. The second-order valence-electron chi connectivity index (χ2n) is 8.96. The van der Waals surface area contributed by atoms with E-state index in [0.717, 1.165) is 45.2 Å². The van der Waals surface area contributed by atoms with Crippen molar-refractivity contribution in [3.8, 4) is 5.69 Å². The van der Waals surface area contributed by atoms with Gasteiger partial charge in [0.15, 0.2) is 5.11 Å². The average Bonchev–Trinajstić information content (AvgIpc) is 3.30. The molecule has 6 nitrogen and oxygen atoms in total. The summed E-state index contributed by atoms with van der Waals surface area (Å²) in [6.07, 6.45) is 3.43. The summed E-state index contributed by atoms with van der Waals surface area (Å²) in [5, 5.41) is 17.6. The summed E-state index contributed by atoms with van der Waals surface area (Å²) in [6, 6.07) is 23.1. The monoisotopic (exact) mass is 527 g/mol. The lowest BCUT2D eigenvalue weighted by molar-refractivity contribution is 0.0979. The van der Waals surface area contributed by atoms with Crippen LogP contribution in [-0.2, 0) is 6.42 Å². The highest BCUT2D eigenvalue weighted by molar-refractivity contribution is 7.80. The smallest absolute Gasteiger partial charge is 0.258 e. The summed E-state index contributed by atoms with van der Waals surface area (Å²) in [5.74, 6) is -0.308. The van der Waals surface area contributed by atoms with Gasteiger partial charge in [0.05, 0.1) is 5.69 Å². The summed E-state index contributed by atoms with van der Waals surface area (Å²) in [6.45, 7) is 4.15. The van der Waals surface area contributed by atoms with Gasteiger partial charge in [-0.3, -0.25) is 10.1 Å². The molecule has 0 spiro atoms. The first-order valence-corrected chi connectivity index (χ1v) is 13.0. The highest BCUT2D eigenvalue weighted by Gasteiger charge is 2.14. The van der Waals surface area contributed by atoms with Crippen LogP contribution < -0.4 is 10.6 Å². The van der Waals surface area contributed by atoms with Crippen LogP contribution in [-0.4, -0.2) is 26.0 Å². The lowest BCUT2D eigenvalue weighted by Gasteiger charge is -2.13. The number of fused-ring (bicyclic) bond motifs is 2. The molecule has 1 amide bonds. The van der Waals surface area contributed by atoms with Crippen LogP contribution in [0.1, 0.15) is 41.3 Å². The van der Waals surface area contributed by atoms with E-state index in [9.17, 15) is 4.79 Å². The molecule has 0 unspecified atom stereocenters. The lowest BCUT2D eigenvalue weighted by atomic mass is 10.0. The molecule has 8 heteroatoms. The predicted octanol–water partition coefficient (Wildman–Crippen LogP) is 7.00. The van der Waals surface area contributed by atoms with Crippen molar-refractivity contribution in [1.29, 1.82) is 0 Å². The number of anilines is 1. The molecule has 37 heavy (non-hydrogen) atoms. The first-order valence-electron chi connectivity index (χ1n) is 12.2. The Bertz CT molecular complexity index is 1630. The number of carbonyl (C=O) groups excluding carboxylic acids is 1. The zero-order valence-electron chi connectivity index (χ0n) is 20.6. The number of aryl methyl sites for hydroxylation is 2. The van der Waals surface area contributed by atoms with Crippen molar-refractivity contribution < 1.29 is 4.79 Å². The van der Waals surface area contributed by atoms with Crippen molar-refractivity contribution in [3.05, 3.63) is 94.5 Å². The number of hydrogen-bond acceptors (Lipinski definition) is 4. The number of thiocarbonyl (C=S) groups is 1. The largest absolute Gasteiger partial charge is 0.332 e. The summed E-state index contributed by atoms with van der Waals surface area (Å²) >= 11 is 11.8. The number of aromatic nitrogens is 3. The van der Waals surface area contributed by atoms with Crippen LogP contribution in [0.5, 0.6) is 0 Å². The number of unbranched alkanes of at least 4 members (excludes halogenated alkanes) is 1. The number of carbonyl (C=O) groups is 1. The summed E-state index contributed by atoms with van der Waals surface area (Å²) in [4.78, 5) is 14.6. The fraction of sp³-hybridized carbons (Fsp3) is 0.172. The van der Waals surface area contributed by atoms with Gasteiger partial charge in [0.1, 0.15) is 11.0 Å². The van der Waals surface area contributed by atoms with Crippen molar-refractivity contribution in [3.63, 3.8) is 0 Å². The van der Waals surface area contributed by atoms with Gasteiger partial charge in [-0.05, 0) is 84.9 Å². The summed E-state index contributed by atoms with van der Waals surface area (Å²) < 4.78 is 0. The maximum absolute atomic E-state index is 13.0. The minimum absolute atomic E-state index is 0.196. The molecule has 0 radical (unpaired) electrons. The molecule has 0 aliphatic carbocycles. The molecule has 0 saturated heterocycles. The van der Waals surface area contributed by atoms with Crippen LogP contribution >= 0.6 is 23.8 Å². The quantitative estimate of drug-likeness (QED) is 0.232. The molecule has 1 aromatic heterocycles. The Hall–Kier alpha value is -3.81. The zero-order valence-corrected chi connectivity index (χ0v) is 22.2. The minimum Gasteiger partial charge on any atom is -0.332 e. The number of nitrogens with one attached hydrogen (secondary N) is 2. The highest BCUT2D eigenvalue weighted by Crippen LogP contribution is 2.26. The number of benzene rings is 4. The third-order valence-corrected chi connectivity index (χ3v) is 6.84. The van der Waals surface area contributed by atoms with E-state index in [0.29, 0.717) is 10.6 Å². The van der Waals surface area contributed by atoms with E-state index in [-0.39, 0.29) is 11.0 Å². The van der Waals surface area contributed by atoms with Crippen LogP contribution in [0, 0.1) is 6.92 Å². The average molecular weight is 528 g/mol. The van der Waals surface area contributed by atoms with E-state index < -0.39 is 0 Å². The van der Waals surface area contributed by atoms with Gasteiger partial charge in [0, 0.05) is 21.7 Å². The van der Waals surface area contributed by atoms with E-state index in [1.54, 1.807) is 23.0 Å². The molecular weight excluding hydrogens is 502 g/mol. The molecule has 5 aromatic rings. The molecule has 2 N–H and O–H groups in total. The maximum atomic E-state index is 13.0. The Balaban J connectivity index is 1.33. The molecule has 0 aliphatic rings. The molecule has 4 aromatic carbocycles. The standard InChI is InChI=1S/C29H26ClN5OS/c1-3-4-7-19-12-14-20(15-13-19)35-33-26-16-18(2)25(17-27(26)34-35)31-29(37)32-28(36)23-10-5-9-22-21(23)8-6-11-24(22)30/h5-6,8-17H,3-4,7H2,1-2H3,(H2,31,32,36,37). The van der Waals surface area contributed by atoms with Crippen molar-refractivity contribution in [2.75, 3.05) is 5.32 Å². The number of amides is 1. The van der Waals surface area contributed by atoms with Crippen LogP contribution in [0.25, 0.3) is 27.5 Å². The number of nitrogens with zero attached hydrogens (tertiary/aromatic N) is 3. The number of hydrogen-bond donors (Lipinski definition) is 2. The Morgan fingerprint density at radius 1 is 0.973 bits per heavy atom. The number of halogens is 1. The van der Waals surface area contributed by atoms with Gasteiger partial charge in [0.2, 0.25) is 0 Å². The van der Waals surface area contributed by atoms with Gasteiger partial charge < -0.3 is 5.32 Å². The van der Waals surface area contributed by atoms with Crippen LogP contribution in [0.3, 0.4) is 0 Å². The Morgan fingerprint density at radius 3 is 2.43 bits per heavy atom. The van der Waals surface area contributed by atoms with Crippen molar-refractivity contribution >= 4 is 62.3 Å². The fourth-order valence-electron chi connectivity index (χ4n) is 4.29. The number of rotatable bonds is 6. The predicted molar refractivity (Wildman–Crippen MR) is 155 cm³/mol.